The van der Waals surface area contributed by atoms with E-state index in [1.165, 1.54) is 11.1 Å². The lowest BCUT2D eigenvalue weighted by Gasteiger charge is -2.04. The van der Waals surface area contributed by atoms with Gasteiger partial charge in [0.25, 0.3) is 5.91 Å². The number of aryl methyl sites for hydroxylation is 2. The van der Waals surface area contributed by atoms with Crippen LogP contribution in [0.3, 0.4) is 0 Å². The van der Waals surface area contributed by atoms with Crippen LogP contribution in [-0.4, -0.2) is 5.91 Å². The van der Waals surface area contributed by atoms with Gasteiger partial charge in [-0.3, -0.25) is 4.79 Å². The van der Waals surface area contributed by atoms with Gasteiger partial charge in [-0.1, -0.05) is 34.1 Å². The summed E-state index contributed by atoms with van der Waals surface area (Å²) < 4.78 is 6.61. The van der Waals surface area contributed by atoms with Crippen molar-refractivity contribution in [3.05, 3.63) is 76.0 Å². The Morgan fingerprint density at radius 3 is 2.57 bits per heavy atom. The quantitative estimate of drug-likeness (QED) is 0.654. The average molecular weight is 370 g/mol. The van der Waals surface area contributed by atoms with Crippen LogP contribution in [0.4, 0.5) is 5.69 Å². The molecule has 0 spiro atoms. The molecule has 0 bridgehead atoms. The molecule has 2 aromatic carbocycles. The summed E-state index contributed by atoms with van der Waals surface area (Å²) in [7, 11) is 0. The molecule has 0 unspecified atom stereocenters. The van der Waals surface area contributed by atoms with Crippen LogP contribution in [0.2, 0.25) is 0 Å². The van der Waals surface area contributed by atoms with E-state index in [1.807, 2.05) is 36.4 Å². The maximum Gasteiger partial charge on any atom is 0.291 e. The Kier molecular flexibility index (Phi) is 4.35. The third-order valence-corrected chi connectivity index (χ3v) is 4.20. The van der Waals surface area contributed by atoms with Gasteiger partial charge in [-0.2, -0.15) is 0 Å². The molecule has 0 fully saturated rings. The second-order valence-corrected chi connectivity index (χ2v) is 6.34. The van der Waals surface area contributed by atoms with Gasteiger partial charge in [-0.15, -0.1) is 0 Å². The number of anilines is 1. The lowest BCUT2D eigenvalue weighted by atomic mass is 10.1. The zero-order chi connectivity index (χ0) is 16.4. The standard InChI is InChI=1S/C19H16BrNO2/c1-12-6-7-14(10-13(12)2)17-8-9-18(23-17)19(22)21-16-5-3-4-15(20)11-16/h3-11H,1-2H3,(H,21,22). The molecule has 0 atom stereocenters. The Morgan fingerprint density at radius 1 is 1.00 bits per heavy atom. The highest BCUT2D eigenvalue weighted by molar-refractivity contribution is 9.10. The molecular formula is C19H16BrNO2. The van der Waals surface area contributed by atoms with Gasteiger partial charge in [0.15, 0.2) is 5.76 Å². The molecule has 1 heterocycles. The first-order chi connectivity index (χ1) is 11.0. The zero-order valence-corrected chi connectivity index (χ0v) is 14.5. The molecule has 3 nitrogen and oxygen atoms in total. The van der Waals surface area contributed by atoms with E-state index in [0.29, 0.717) is 17.2 Å². The first-order valence-electron chi connectivity index (χ1n) is 7.27. The molecule has 1 aromatic heterocycles. The number of nitrogens with one attached hydrogen (secondary N) is 1. The Hall–Kier alpha value is -2.33. The molecule has 3 rings (SSSR count). The maximum absolute atomic E-state index is 12.3. The molecule has 3 aromatic rings. The zero-order valence-electron chi connectivity index (χ0n) is 12.9. The van der Waals surface area contributed by atoms with E-state index >= 15 is 0 Å². The van der Waals surface area contributed by atoms with Crippen molar-refractivity contribution in [3.63, 3.8) is 0 Å². The molecule has 0 aliphatic heterocycles. The Balaban J connectivity index is 1.81. The van der Waals surface area contributed by atoms with Crippen molar-refractivity contribution in [2.75, 3.05) is 5.32 Å². The number of carbonyl (C=O) groups is 1. The van der Waals surface area contributed by atoms with Crippen LogP contribution in [-0.2, 0) is 0 Å². The van der Waals surface area contributed by atoms with Crippen molar-refractivity contribution in [3.8, 4) is 11.3 Å². The number of carbonyl (C=O) groups excluding carboxylic acids is 1. The predicted molar refractivity (Wildman–Crippen MR) is 95.7 cm³/mol. The van der Waals surface area contributed by atoms with E-state index in [4.69, 9.17) is 4.42 Å². The van der Waals surface area contributed by atoms with Crippen LogP contribution in [0, 0.1) is 13.8 Å². The highest BCUT2D eigenvalue weighted by Gasteiger charge is 2.13. The topological polar surface area (TPSA) is 42.2 Å². The van der Waals surface area contributed by atoms with Crippen LogP contribution >= 0.6 is 15.9 Å². The minimum Gasteiger partial charge on any atom is -0.451 e. The number of hydrogen-bond donors (Lipinski definition) is 1. The van der Waals surface area contributed by atoms with Crippen LogP contribution in [0.1, 0.15) is 21.7 Å². The van der Waals surface area contributed by atoms with Gasteiger partial charge in [0, 0.05) is 15.7 Å². The van der Waals surface area contributed by atoms with Crippen molar-refractivity contribution in [2.45, 2.75) is 13.8 Å². The molecule has 0 saturated heterocycles. The summed E-state index contributed by atoms with van der Waals surface area (Å²) in [5.41, 5.74) is 4.11. The number of halogens is 1. The Labute approximate surface area is 143 Å². The van der Waals surface area contributed by atoms with Crippen LogP contribution in [0.15, 0.2) is 63.5 Å². The van der Waals surface area contributed by atoms with Gasteiger partial charge < -0.3 is 9.73 Å². The first-order valence-corrected chi connectivity index (χ1v) is 8.06. The predicted octanol–water partition coefficient (Wildman–Crippen LogP) is 5.58. The first kappa shape index (κ1) is 15.6. The molecular weight excluding hydrogens is 354 g/mol. The molecule has 4 heteroatoms. The summed E-state index contributed by atoms with van der Waals surface area (Å²) in [5.74, 6) is 0.712. The third-order valence-electron chi connectivity index (χ3n) is 3.70. The number of furan rings is 1. The summed E-state index contributed by atoms with van der Waals surface area (Å²) in [6, 6.07) is 17.1. The smallest absolute Gasteiger partial charge is 0.291 e. The summed E-state index contributed by atoms with van der Waals surface area (Å²) in [6.07, 6.45) is 0. The van der Waals surface area contributed by atoms with E-state index < -0.39 is 0 Å². The average Bonchev–Trinajstić information content (AvgIpc) is 3.00. The highest BCUT2D eigenvalue weighted by atomic mass is 79.9. The normalized spacial score (nSPS) is 10.6. The van der Waals surface area contributed by atoms with Gasteiger partial charge in [0.05, 0.1) is 0 Å². The number of amides is 1. The molecule has 1 N–H and O–H groups in total. The van der Waals surface area contributed by atoms with E-state index in [2.05, 4.69) is 47.2 Å². The minimum atomic E-state index is -0.266. The van der Waals surface area contributed by atoms with Gasteiger partial charge in [-0.05, 0) is 61.4 Å². The van der Waals surface area contributed by atoms with Gasteiger partial charge in [0.2, 0.25) is 0 Å². The summed E-state index contributed by atoms with van der Waals surface area (Å²) in [6.45, 7) is 4.13. The van der Waals surface area contributed by atoms with E-state index in [-0.39, 0.29) is 5.91 Å². The minimum absolute atomic E-state index is 0.266. The maximum atomic E-state index is 12.3. The van der Waals surface area contributed by atoms with Crippen molar-refractivity contribution >= 4 is 27.5 Å². The van der Waals surface area contributed by atoms with Crippen LogP contribution in [0.5, 0.6) is 0 Å². The molecule has 0 radical (unpaired) electrons. The lowest BCUT2D eigenvalue weighted by Crippen LogP contribution is -2.10. The highest BCUT2D eigenvalue weighted by Crippen LogP contribution is 2.25. The van der Waals surface area contributed by atoms with Crippen LogP contribution < -0.4 is 5.32 Å². The third kappa shape index (κ3) is 3.54. The summed E-state index contributed by atoms with van der Waals surface area (Å²) in [5, 5.41) is 2.82. The molecule has 1 amide bonds. The number of benzene rings is 2. The fourth-order valence-electron chi connectivity index (χ4n) is 2.27. The largest absolute Gasteiger partial charge is 0.451 e. The molecule has 0 saturated carbocycles. The summed E-state index contributed by atoms with van der Waals surface area (Å²) >= 11 is 3.38. The second-order valence-electron chi connectivity index (χ2n) is 5.43. The van der Waals surface area contributed by atoms with E-state index in [0.717, 1.165) is 10.0 Å². The van der Waals surface area contributed by atoms with E-state index in [9.17, 15) is 4.79 Å². The van der Waals surface area contributed by atoms with Gasteiger partial charge in [-0.25, -0.2) is 0 Å². The molecule has 23 heavy (non-hydrogen) atoms. The number of hydrogen-bond acceptors (Lipinski definition) is 2. The Morgan fingerprint density at radius 2 is 1.83 bits per heavy atom. The molecule has 0 aliphatic rings. The monoisotopic (exact) mass is 369 g/mol. The van der Waals surface area contributed by atoms with Crippen molar-refractivity contribution in [2.24, 2.45) is 0 Å². The van der Waals surface area contributed by atoms with Crippen molar-refractivity contribution in [1.29, 1.82) is 0 Å². The van der Waals surface area contributed by atoms with Crippen LogP contribution in [0.25, 0.3) is 11.3 Å². The number of rotatable bonds is 3. The fraction of sp³-hybridized carbons (Fsp3) is 0.105. The second kappa shape index (κ2) is 6.42. The molecule has 116 valence electrons. The van der Waals surface area contributed by atoms with Crippen molar-refractivity contribution < 1.29 is 9.21 Å². The van der Waals surface area contributed by atoms with Gasteiger partial charge >= 0.3 is 0 Å². The lowest BCUT2D eigenvalue weighted by molar-refractivity contribution is 0.0997. The molecule has 0 aliphatic carbocycles. The van der Waals surface area contributed by atoms with E-state index in [1.54, 1.807) is 6.07 Å². The fourth-order valence-corrected chi connectivity index (χ4v) is 2.67. The van der Waals surface area contributed by atoms with Gasteiger partial charge in [0.1, 0.15) is 5.76 Å². The van der Waals surface area contributed by atoms with Crippen molar-refractivity contribution in [1.82, 2.24) is 0 Å². The SMILES string of the molecule is Cc1ccc(-c2ccc(C(=O)Nc3cccc(Br)c3)o2)cc1C. The summed E-state index contributed by atoms with van der Waals surface area (Å²) in [4.78, 5) is 12.3. The Bertz CT molecular complexity index is 867.